The summed E-state index contributed by atoms with van der Waals surface area (Å²) in [5, 5.41) is 7.70. The number of nitrogens with zero attached hydrogens (tertiary/aromatic N) is 4. The van der Waals surface area contributed by atoms with E-state index in [0.29, 0.717) is 11.0 Å². The molecule has 2 aromatic heterocycles. The van der Waals surface area contributed by atoms with Crippen LogP contribution in [0.4, 0.5) is 0 Å². The van der Waals surface area contributed by atoms with Gasteiger partial charge in [-0.25, -0.2) is 9.67 Å². The summed E-state index contributed by atoms with van der Waals surface area (Å²) in [4.78, 5) is 29.5. The van der Waals surface area contributed by atoms with Crippen LogP contribution in [0.3, 0.4) is 0 Å². The Morgan fingerprint density at radius 2 is 1.96 bits per heavy atom. The molecule has 1 aromatic carbocycles. The lowest BCUT2D eigenvalue weighted by molar-refractivity contribution is -0.122. The Hall–Kier alpha value is -3.16. The Bertz CT molecular complexity index is 1030. The van der Waals surface area contributed by atoms with Gasteiger partial charge in [0, 0.05) is 6.04 Å². The van der Waals surface area contributed by atoms with E-state index in [0.717, 1.165) is 37.1 Å². The summed E-state index contributed by atoms with van der Waals surface area (Å²) in [6, 6.07) is 7.54. The molecular formula is C20H23N5O3. The SMILES string of the molecule is COc1ccc(-n2ncc3c(=O)n(CC(=O)NC4CCCCC4)cnc32)cc1. The number of rotatable bonds is 5. The van der Waals surface area contributed by atoms with E-state index in [2.05, 4.69) is 15.4 Å². The molecule has 2 heterocycles. The van der Waals surface area contributed by atoms with E-state index in [4.69, 9.17) is 4.74 Å². The molecule has 1 fully saturated rings. The van der Waals surface area contributed by atoms with Crippen LogP contribution < -0.4 is 15.6 Å². The highest BCUT2D eigenvalue weighted by atomic mass is 16.5. The minimum atomic E-state index is -0.274. The Morgan fingerprint density at radius 1 is 1.21 bits per heavy atom. The highest BCUT2D eigenvalue weighted by Gasteiger charge is 2.17. The third-order valence-corrected chi connectivity index (χ3v) is 5.16. The van der Waals surface area contributed by atoms with Crippen LogP contribution in [-0.2, 0) is 11.3 Å². The highest BCUT2D eigenvalue weighted by molar-refractivity contribution is 5.78. The van der Waals surface area contributed by atoms with E-state index in [1.807, 2.05) is 24.3 Å². The Labute approximate surface area is 162 Å². The highest BCUT2D eigenvalue weighted by Crippen LogP contribution is 2.18. The van der Waals surface area contributed by atoms with Crippen molar-refractivity contribution in [3.8, 4) is 11.4 Å². The van der Waals surface area contributed by atoms with Crippen LogP contribution in [0.2, 0.25) is 0 Å². The van der Waals surface area contributed by atoms with Gasteiger partial charge in [-0.05, 0) is 37.1 Å². The maximum atomic E-state index is 12.8. The number of hydrogen-bond donors (Lipinski definition) is 1. The van der Waals surface area contributed by atoms with Crippen LogP contribution in [0, 0.1) is 0 Å². The van der Waals surface area contributed by atoms with Gasteiger partial charge >= 0.3 is 0 Å². The number of nitrogens with one attached hydrogen (secondary N) is 1. The standard InChI is InChI=1S/C20H23N5O3/c1-28-16-9-7-15(8-10-16)25-19-17(11-22-25)20(27)24(13-21-19)12-18(26)23-14-5-3-2-4-6-14/h7-11,13-14H,2-6,12H2,1H3,(H,23,26). The molecule has 1 saturated carbocycles. The molecule has 1 N–H and O–H groups in total. The van der Waals surface area contributed by atoms with Crippen molar-refractivity contribution in [1.29, 1.82) is 0 Å². The first-order chi connectivity index (χ1) is 13.7. The molecule has 146 valence electrons. The van der Waals surface area contributed by atoms with Crippen molar-refractivity contribution in [3.63, 3.8) is 0 Å². The van der Waals surface area contributed by atoms with E-state index >= 15 is 0 Å². The Balaban J connectivity index is 1.55. The lowest BCUT2D eigenvalue weighted by Gasteiger charge is -2.22. The van der Waals surface area contributed by atoms with Gasteiger partial charge in [-0.2, -0.15) is 5.10 Å². The summed E-state index contributed by atoms with van der Waals surface area (Å²) in [6.45, 7) is -0.0357. The van der Waals surface area contributed by atoms with Crippen LogP contribution in [-0.4, -0.2) is 38.4 Å². The average molecular weight is 381 g/mol. The maximum Gasteiger partial charge on any atom is 0.264 e. The van der Waals surface area contributed by atoms with Gasteiger partial charge in [-0.3, -0.25) is 14.2 Å². The Morgan fingerprint density at radius 3 is 2.68 bits per heavy atom. The van der Waals surface area contributed by atoms with Gasteiger partial charge in [-0.15, -0.1) is 0 Å². The fourth-order valence-corrected chi connectivity index (χ4v) is 3.65. The van der Waals surface area contributed by atoms with Gasteiger partial charge < -0.3 is 10.1 Å². The first-order valence-corrected chi connectivity index (χ1v) is 9.52. The molecule has 8 nitrogen and oxygen atoms in total. The van der Waals surface area contributed by atoms with E-state index in [1.54, 1.807) is 11.8 Å². The molecule has 0 spiro atoms. The molecule has 0 bridgehead atoms. The lowest BCUT2D eigenvalue weighted by Crippen LogP contribution is -2.39. The van der Waals surface area contributed by atoms with Crippen molar-refractivity contribution in [2.75, 3.05) is 7.11 Å². The fourth-order valence-electron chi connectivity index (χ4n) is 3.65. The predicted molar refractivity (Wildman–Crippen MR) is 105 cm³/mol. The number of fused-ring (bicyclic) bond motifs is 1. The summed E-state index contributed by atoms with van der Waals surface area (Å²) < 4.78 is 8.10. The van der Waals surface area contributed by atoms with Crippen molar-refractivity contribution in [2.24, 2.45) is 0 Å². The molecule has 1 aliphatic rings. The van der Waals surface area contributed by atoms with Crippen LogP contribution in [0.1, 0.15) is 32.1 Å². The molecule has 0 unspecified atom stereocenters. The number of hydrogen-bond acceptors (Lipinski definition) is 5. The summed E-state index contributed by atoms with van der Waals surface area (Å²) in [5.41, 5.74) is 0.957. The van der Waals surface area contributed by atoms with Crippen LogP contribution in [0.25, 0.3) is 16.7 Å². The zero-order chi connectivity index (χ0) is 19.5. The van der Waals surface area contributed by atoms with Crippen molar-refractivity contribution in [1.82, 2.24) is 24.6 Å². The van der Waals surface area contributed by atoms with Gasteiger partial charge in [-0.1, -0.05) is 19.3 Å². The van der Waals surface area contributed by atoms with Crippen molar-refractivity contribution in [3.05, 3.63) is 47.1 Å². The molecule has 28 heavy (non-hydrogen) atoms. The zero-order valence-electron chi connectivity index (χ0n) is 15.8. The molecule has 1 aliphatic carbocycles. The second-order valence-electron chi connectivity index (χ2n) is 7.07. The van der Waals surface area contributed by atoms with E-state index in [-0.39, 0.29) is 24.1 Å². The van der Waals surface area contributed by atoms with E-state index in [1.165, 1.54) is 23.5 Å². The summed E-state index contributed by atoms with van der Waals surface area (Å²) >= 11 is 0. The normalized spacial score (nSPS) is 14.9. The summed E-state index contributed by atoms with van der Waals surface area (Å²) in [6.07, 6.45) is 8.42. The molecule has 3 aromatic rings. The first-order valence-electron chi connectivity index (χ1n) is 9.52. The van der Waals surface area contributed by atoms with Crippen molar-refractivity contribution >= 4 is 16.9 Å². The zero-order valence-corrected chi connectivity index (χ0v) is 15.8. The van der Waals surface area contributed by atoms with Gasteiger partial charge in [0.15, 0.2) is 5.65 Å². The fraction of sp³-hybridized carbons (Fsp3) is 0.400. The van der Waals surface area contributed by atoms with Gasteiger partial charge in [0.25, 0.3) is 5.56 Å². The molecule has 4 rings (SSSR count). The third kappa shape index (κ3) is 3.62. The average Bonchev–Trinajstić information content (AvgIpc) is 3.16. The second-order valence-corrected chi connectivity index (χ2v) is 7.07. The minimum absolute atomic E-state index is 0.0357. The van der Waals surface area contributed by atoms with Crippen LogP contribution in [0.15, 0.2) is 41.6 Å². The third-order valence-electron chi connectivity index (χ3n) is 5.16. The van der Waals surface area contributed by atoms with Crippen molar-refractivity contribution in [2.45, 2.75) is 44.7 Å². The van der Waals surface area contributed by atoms with Gasteiger partial charge in [0.2, 0.25) is 5.91 Å². The Kier molecular flexibility index (Phi) is 5.10. The molecule has 0 aliphatic heterocycles. The van der Waals surface area contributed by atoms with Crippen LogP contribution in [0.5, 0.6) is 5.75 Å². The quantitative estimate of drug-likeness (QED) is 0.730. The monoisotopic (exact) mass is 381 g/mol. The molecule has 8 heteroatoms. The number of carbonyl (C=O) groups is 1. The maximum absolute atomic E-state index is 12.8. The smallest absolute Gasteiger partial charge is 0.264 e. The number of aromatic nitrogens is 4. The molecule has 0 radical (unpaired) electrons. The number of ether oxygens (including phenoxy) is 1. The van der Waals surface area contributed by atoms with Crippen molar-refractivity contribution < 1.29 is 9.53 Å². The minimum Gasteiger partial charge on any atom is -0.497 e. The second kappa shape index (κ2) is 7.84. The number of benzene rings is 1. The van der Waals surface area contributed by atoms with Crippen LogP contribution >= 0.6 is 0 Å². The van der Waals surface area contributed by atoms with Gasteiger partial charge in [0.05, 0.1) is 19.0 Å². The van der Waals surface area contributed by atoms with E-state index in [9.17, 15) is 9.59 Å². The summed E-state index contributed by atoms with van der Waals surface area (Å²) in [5.74, 6) is 0.581. The molecule has 0 atom stereocenters. The topological polar surface area (TPSA) is 91.0 Å². The molecule has 1 amide bonds. The van der Waals surface area contributed by atoms with E-state index < -0.39 is 0 Å². The summed E-state index contributed by atoms with van der Waals surface area (Å²) in [7, 11) is 1.60. The molecule has 0 saturated heterocycles. The first kappa shape index (κ1) is 18.2. The predicted octanol–water partition coefficient (Wildman–Crippen LogP) is 2.04. The largest absolute Gasteiger partial charge is 0.497 e. The lowest BCUT2D eigenvalue weighted by atomic mass is 9.95. The number of carbonyl (C=O) groups excluding carboxylic acids is 1. The number of amides is 1. The molecular weight excluding hydrogens is 358 g/mol. The number of methoxy groups -OCH3 is 1. The van der Waals surface area contributed by atoms with Gasteiger partial charge in [0.1, 0.15) is 24.0 Å².